The second kappa shape index (κ2) is 7.15. The summed E-state index contributed by atoms with van der Waals surface area (Å²) in [6.45, 7) is 2.38. The minimum absolute atomic E-state index is 0.0490. The zero-order valence-electron chi connectivity index (χ0n) is 11.8. The summed E-state index contributed by atoms with van der Waals surface area (Å²) in [6, 6.07) is 11.1. The van der Waals surface area contributed by atoms with Gasteiger partial charge in [0.05, 0.1) is 23.7 Å². The third-order valence-electron chi connectivity index (χ3n) is 3.27. The van der Waals surface area contributed by atoms with Crippen molar-refractivity contribution < 1.29 is 4.79 Å². The molecule has 0 radical (unpaired) electrons. The second-order valence-corrected chi connectivity index (χ2v) is 4.75. The van der Waals surface area contributed by atoms with Crippen molar-refractivity contribution in [3.63, 3.8) is 0 Å². The van der Waals surface area contributed by atoms with Crippen molar-refractivity contribution >= 4 is 5.91 Å². The molecule has 2 rings (SSSR count). The molecular formula is C16H16N4O. The van der Waals surface area contributed by atoms with Crippen molar-refractivity contribution in [2.45, 2.75) is 19.3 Å². The molecule has 0 saturated carbocycles. The molecule has 0 aliphatic rings. The first-order valence-electron chi connectivity index (χ1n) is 6.74. The molecule has 1 heterocycles. The first-order chi connectivity index (χ1) is 10.2. The van der Waals surface area contributed by atoms with Gasteiger partial charge in [0.1, 0.15) is 0 Å². The highest BCUT2D eigenvalue weighted by atomic mass is 16.1. The SMILES string of the molecule is CC(C(=O)NCCc1ccnnc1)c1cccc(C#N)c1. The largest absolute Gasteiger partial charge is 0.355 e. The first-order valence-corrected chi connectivity index (χ1v) is 6.74. The van der Waals surface area contributed by atoms with Crippen LogP contribution < -0.4 is 5.32 Å². The predicted molar refractivity (Wildman–Crippen MR) is 78.3 cm³/mol. The molecule has 1 atom stereocenters. The average molecular weight is 280 g/mol. The van der Waals surface area contributed by atoms with Gasteiger partial charge in [-0.05, 0) is 42.7 Å². The minimum Gasteiger partial charge on any atom is -0.355 e. The molecule has 0 aliphatic carbocycles. The molecule has 21 heavy (non-hydrogen) atoms. The zero-order valence-corrected chi connectivity index (χ0v) is 11.8. The molecule has 1 unspecified atom stereocenters. The monoisotopic (exact) mass is 280 g/mol. The van der Waals surface area contributed by atoms with E-state index in [4.69, 9.17) is 5.26 Å². The molecule has 2 aromatic rings. The lowest BCUT2D eigenvalue weighted by atomic mass is 9.98. The van der Waals surface area contributed by atoms with Gasteiger partial charge in [0.2, 0.25) is 5.91 Å². The quantitative estimate of drug-likeness (QED) is 0.906. The molecule has 106 valence electrons. The number of carbonyl (C=O) groups is 1. The number of benzene rings is 1. The maximum Gasteiger partial charge on any atom is 0.227 e. The van der Waals surface area contributed by atoms with Crippen molar-refractivity contribution in [2.75, 3.05) is 6.54 Å². The Hall–Kier alpha value is -2.74. The van der Waals surface area contributed by atoms with Crippen LogP contribution in [-0.4, -0.2) is 22.6 Å². The summed E-state index contributed by atoms with van der Waals surface area (Å²) in [7, 11) is 0. The molecule has 0 aliphatic heterocycles. The molecule has 0 fully saturated rings. The van der Waals surface area contributed by atoms with Crippen molar-refractivity contribution in [3.8, 4) is 6.07 Å². The molecular weight excluding hydrogens is 264 g/mol. The molecule has 5 nitrogen and oxygen atoms in total. The lowest BCUT2D eigenvalue weighted by Crippen LogP contribution is -2.29. The Kier molecular flexibility index (Phi) is 4.99. The maximum atomic E-state index is 12.1. The molecule has 1 aromatic carbocycles. The minimum atomic E-state index is -0.283. The topological polar surface area (TPSA) is 78.7 Å². The van der Waals surface area contributed by atoms with Gasteiger partial charge in [-0.25, -0.2) is 0 Å². The van der Waals surface area contributed by atoms with Gasteiger partial charge in [-0.1, -0.05) is 12.1 Å². The number of amides is 1. The van der Waals surface area contributed by atoms with Gasteiger partial charge in [0, 0.05) is 12.7 Å². The number of hydrogen-bond acceptors (Lipinski definition) is 4. The first kappa shape index (κ1) is 14.7. The Bertz CT molecular complexity index is 649. The van der Waals surface area contributed by atoms with Crippen LogP contribution in [0, 0.1) is 11.3 Å². The van der Waals surface area contributed by atoms with E-state index in [1.807, 2.05) is 19.1 Å². The van der Waals surface area contributed by atoms with Crippen molar-refractivity contribution in [1.82, 2.24) is 15.5 Å². The molecule has 0 spiro atoms. The third-order valence-corrected chi connectivity index (χ3v) is 3.27. The predicted octanol–water partition coefficient (Wildman–Crippen LogP) is 1.81. The van der Waals surface area contributed by atoms with Crippen LogP contribution in [0.4, 0.5) is 0 Å². The number of hydrogen-bond donors (Lipinski definition) is 1. The highest BCUT2D eigenvalue weighted by molar-refractivity contribution is 5.83. The summed E-state index contributed by atoms with van der Waals surface area (Å²) in [6.07, 6.45) is 4.03. The molecule has 1 N–H and O–H groups in total. The van der Waals surface area contributed by atoms with E-state index in [9.17, 15) is 4.79 Å². The summed E-state index contributed by atoms with van der Waals surface area (Å²) in [4.78, 5) is 12.1. The van der Waals surface area contributed by atoms with E-state index in [0.717, 1.165) is 11.1 Å². The van der Waals surface area contributed by atoms with Gasteiger partial charge >= 0.3 is 0 Å². The fraction of sp³-hybridized carbons (Fsp3) is 0.250. The van der Waals surface area contributed by atoms with Crippen LogP contribution >= 0.6 is 0 Å². The smallest absolute Gasteiger partial charge is 0.227 e. The summed E-state index contributed by atoms with van der Waals surface area (Å²) < 4.78 is 0. The van der Waals surface area contributed by atoms with Gasteiger partial charge in [0.15, 0.2) is 0 Å². The fourth-order valence-electron chi connectivity index (χ4n) is 1.98. The van der Waals surface area contributed by atoms with Gasteiger partial charge in [-0.2, -0.15) is 15.5 Å². The fourth-order valence-corrected chi connectivity index (χ4v) is 1.98. The van der Waals surface area contributed by atoms with Crippen molar-refractivity contribution in [2.24, 2.45) is 0 Å². The molecule has 5 heteroatoms. The van der Waals surface area contributed by atoms with Gasteiger partial charge in [0.25, 0.3) is 0 Å². The highest BCUT2D eigenvalue weighted by Crippen LogP contribution is 2.16. The lowest BCUT2D eigenvalue weighted by molar-refractivity contribution is -0.122. The van der Waals surface area contributed by atoms with Crippen LogP contribution in [0.2, 0.25) is 0 Å². The van der Waals surface area contributed by atoms with Crippen LogP contribution in [0.5, 0.6) is 0 Å². The maximum absolute atomic E-state index is 12.1. The van der Waals surface area contributed by atoms with E-state index in [2.05, 4.69) is 21.6 Å². The van der Waals surface area contributed by atoms with E-state index in [1.165, 1.54) is 0 Å². The van der Waals surface area contributed by atoms with Crippen molar-refractivity contribution in [3.05, 3.63) is 59.4 Å². The number of nitriles is 1. The number of aromatic nitrogens is 2. The Balaban J connectivity index is 1.89. The van der Waals surface area contributed by atoms with Gasteiger partial charge in [-0.3, -0.25) is 4.79 Å². The third kappa shape index (κ3) is 4.11. The number of rotatable bonds is 5. The normalized spacial score (nSPS) is 11.4. The Morgan fingerprint density at radius 1 is 1.38 bits per heavy atom. The van der Waals surface area contributed by atoms with Crippen LogP contribution in [0.15, 0.2) is 42.7 Å². The summed E-state index contributed by atoms with van der Waals surface area (Å²) in [5.41, 5.74) is 2.44. The molecule has 0 bridgehead atoms. The van der Waals surface area contributed by atoms with Crippen LogP contribution in [0.3, 0.4) is 0 Å². The van der Waals surface area contributed by atoms with Crippen LogP contribution in [0.1, 0.15) is 29.5 Å². The second-order valence-electron chi connectivity index (χ2n) is 4.75. The van der Waals surface area contributed by atoms with Crippen LogP contribution in [-0.2, 0) is 11.2 Å². The number of nitrogens with zero attached hydrogens (tertiary/aromatic N) is 3. The van der Waals surface area contributed by atoms with E-state index >= 15 is 0 Å². The van der Waals surface area contributed by atoms with E-state index in [-0.39, 0.29) is 11.8 Å². The molecule has 1 aromatic heterocycles. The van der Waals surface area contributed by atoms with E-state index < -0.39 is 0 Å². The Morgan fingerprint density at radius 2 is 2.24 bits per heavy atom. The highest BCUT2D eigenvalue weighted by Gasteiger charge is 2.14. The lowest BCUT2D eigenvalue weighted by Gasteiger charge is -2.12. The Labute approximate surface area is 123 Å². The number of nitrogens with one attached hydrogen (secondary N) is 1. The van der Waals surface area contributed by atoms with E-state index in [1.54, 1.807) is 30.6 Å². The summed E-state index contributed by atoms with van der Waals surface area (Å²) >= 11 is 0. The summed E-state index contributed by atoms with van der Waals surface area (Å²) in [5, 5.41) is 19.3. The molecule has 1 amide bonds. The Morgan fingerprint density at radius 3 is 2.95 bits per heavy atom. The van der Waals surface area contributed by atoms with Crippen LogP contribution in [0.25, 0.3) is 0 Å². The number of carbonyl (C=O) groups excluding carboxylic acids is 1. The zero-order chi connectivity index (χ0) is 15.1. The van der Waals surface area contributed by atoms with Gasteiger partial charge in [-0.15, -0.1) is 0 Å². The average Bonchev–Trinajstić information content (AvgIpc) is 2.55. The van der Waals surface area contributed by atoms with Gasteiger partial charge < -0.3 is 5.32 Å². The van der Waals surface area contributed by atoms with Crippen molar-refractivity contribution in [1.29, 1.82) is 5.26 Å². The standard InChI is InChI=1S/C16H16N4O/c1-12(15-4-2-3-14(9-15)10-17)16(21)18-7-5-13-6-8-19-20-11-13/h2-4,6,8-9,11-12H,5,7H2,1H3,(H,18,21). The molecule has 0 saturated heterocycles. The van der Waals surface area contributed by atoms with E-state index in [0.29, 0.717) is 18.5 Å². The summed E-state index contributed by atoms with van der Waals surface area (Å²) in [5.74, 6) is -0.332.